The molecule has 2 rings (SSSR count). The quantitative estimate of drug-likeness (QED) is 0.837. The first-order valence-electron chi connectivity index (χ1n) is 6.30. The summed E-state index contributed by atoms with van der Waals surface area (Å²) in [6, 6.07) is 2.81. The zero-order valence-electron chi connectivity index (χ0n) is 10.7. The number of hydrogen-bond donors (Lipinski definition) is 1. The van der Waals surface area contributed by atoms with Crippen LogP contribution in [0.15, 0.2) is 18.2 Å². The minimum Gasteiger partial charge on any atom is -0.480 e. The molecule has 1 aromatic carbocycles. The molecule has 1 aliphatic rings. The number of likely N-dealkylation sites (tertiary alicyclic amines) is 1. The average molecular weight is 274 g/mol. The predicted octanol–water partition coefficient (Wildman–Crippen LogP) is 1.84. The molecule has 1 N–H and O–H groups in total. The van der Waals surface area contributed by atoms with Crippen LogP contribution in [-0.2, 0) is 4.79 Å². The van der Waals surface area contributed by atoms with Crippen molar-refractivity contribution in [2.75, 3.05) is 6.54 Å². The van der Waals surface area contributed by atoms with E-state index in [9.17, 15) is 14.0 Å². The SMILES string of the molecule is [C]#Cc1ccc(C(=O)N2CCCCC2C(=O)O)c(F)c1. The van der Waals surface area contributed by atoms with Crippen LogP contribution >= 0.6 is 0 Å². The summed E-state index contributed by atoms with van der Waals surface area (Å²) in [7, 11) is 0. The Kier molecular flexibility index (Phi) is 4.04. The molecule has 103 valence electrons. The number of nitrogens with zero attached hydrogens (tertiary/aromatic N) is 1. The van der Waals surface area contributed by atoms with Crippen LogP contribution < -0.4 is 0 Å². The fourth-order valence-corrected chi connectivity index (χ4v) is 2.35. The standard InChI is InChI=1S/C15H13FNO3/c1-2-10-6-7-11(12(16)9-10)14(18)17-8-4-3-5-13(17)15(19)20/h6-7,9,13H,3-5,8H2,(H,19,20). The largest absolute Gasteiger partial charge is 0.480 e. The second kappa shape index (κ2) is 5.74. The Hall–Kier alpha value is -2.35. The molecule has 0 aromatic heterocycles. The fourth-order valence-electron chi connectivity index (χ4n) is 2.35. The molecule has 1 radical (unpaired) electrons. The lowest BCUT2D eigenvalue weighted by Crippen LogP contribution is -2.48. The van der Waals surface area contributed by atoms with Crippen LogP contribution in [0.25, 0.3) is 0 Å². The number of rotatable bonds is 2. The molecule has 1 aromatic rings. The lowest BCUT2D eigenvalue weighted by molar-refractivity contribution is -0.143. The predicted molar refractivity (Wildman–Crippen MR) is 68.9 cm³/mol. The van der Waals surface area contributed by atoms with Crippen molar-refractivity contribution in [3.05, 3.63) is 41.6 Å². The highest BCUT2D eigenvalue weighted by Crippen LogP contribution is 2.21. The van der Waals surface area contributed by atoms with E-state index in [4.69, 9.17) is 11.5 Å². The Morgan fingerprint density at radius 2 is 2.15 bits per heavy atom. The molecule has 0 spiro atoms. The number of piperidine rings is 1. The van der Waals surface area contributed by atoms with Crippen molar-refractivity contribution < 1.29 is 19.1 Å². The van der Waals surface area contributed by atoms with Crippen molar-refractivity contribution in [3.8, 4) is 5.92 Å². The highest BCUT2D eigenvalue weighted by Gasteiger charge is 2.33. The molecular formula is C15H13FNO3. The Bertz CT molecular complexity index is 591. The zero-order valence-corrected chi connectivity index (χ0v) is 10.7. The van der Waals surface area contributed by atoms with E-state index in [1.165, 1.54) is 17.0 Å². The molecule has 20 heavy (non-hydrogen) atoms. The number of aliphatic carboxylic acids is 1. The summed E-state index contributed by atoms with van der Waals surface area (Å²) in [5.74, 6) is -0.417. The van der Waals surface area contributed by atoms with Gasteiger partial charge in [0.05, 0.1) is 5.56 Å². The number of carboxylic acid groups (broad SMARTS) is 1. The first-order chi connectivity index (χ1) is 9.54. The van der Waals surface area contributed by atoms with Gasteiger partial charge in [0.2, 0.25) is 0 Å². The van der Waals surface area contributed by atoms with Crippen molar-refractivity contribution >= 4 is 11.9 Å². The molecular weight excluding hydrogens is 261 g/mol. The molecule has 1 aliphatic heterocycles. The van der Waals surface area contributed by atoms with Crippen LogP contribution in [-0.4, -0.2) is 34.5 Å². The number of amides is 1. The van der Waals surface area contributed by atoms with Crippen LogP contribution in [0, 0.1) is 18.2 Å². The first-order valence-corrected chi connectivity index (χ1v) is 6.30. The van der Waals surface area contributed by atoms with Gasteiger partial charge in [0.15, 0.2) is 0 Å². The summed E-state index contributed by atoms with van der Waals surface area (Å²) >= 11 is 0. The maximum absolute atomic E-state index is 13.9. The maximum atomic E-state index is 13.9. The zero-order chi connectivity index (χ0) is 14.7. The molecule has 1 unspecified atom stereocenters. The van der Waals surface area contributed by atoms with Crippen molar-refractivity contribution in [1.29, 1.82) is 0 Å². The van der Waals surface area contributed by atoms with Gasteiger partial charge < -0.3 is 10.0 Å². The lowest BCUT2D eigenvalue weighted by atomic mass is 10.0. The number of carbonyl (C=O) groups excluding carboxylic acids is 1. The summed E-state index contributed by atoms with van der Waals surface area (Å²) in [5.41, 5.74) is 0.0598. The topological polar surface area (TPSA) is 57.6 Å². The summed E-state index contributed by atoms with van der Waals surface area (Å²) in [4.78, 5) is 24.7. The van der Waals surface area contributed by atoms with Crippen LogP contribution in [0.4, 0.5) is 4.39 Å². The number of carboxylic acids is 1. The van der Waals surface area contributed by atoms with E-state index in [2.05, 4.69) is 0 Å². The highest BCUT2D eigenvalue weighted by molar-refractivity contribution is 5.97. The van der Waals surface area contributed by atoms with E-state index in [1.54, 1.807) is 0 Å². The third-order valence-electron chi connectivity index (χ3n) is 3.39. The molecule has 1 saturated heterocycles. The number of hydrogen-bond acceptors (Lipinski definition) is 2. The van der Waals surface area contributed by atoms with Gasteiger partial charge >= 0.3 is 5.97 Å². The normalized spacial score (nSPS) is 18.4. The molecule has 5 heteroatoms. The smallest absolute Gasteiger partial charge is 0.326 e. The Morgan fingerprint density at radius 3 is 2.75 bits per heavy atom. The molecule has 0 bridgehead atoms. The summed E-state index contributed by atoms with van der Waals surface area (Å²) < 4.78 is 13.9. The molecule has 0 saturated carbocycles. The van der Waals surface area contributed by atoms with Crippen molar-refractivity contribution in [3.63, 3.8) is 0 Å². The second-order valence-electron chi connectivity index (χ2n) is 4.67. The number of benzene rings is 1. The molecule has 1 heterocycles. The summed E-state index contributed by atoms with van der Waals surface area (Å²) in [6.07, 6.45) is 8.75. The van der Waals surface area contributed by atoms with Gasteiger partial charge in [-0.05, 0) is 43.9 Å². The maximum Gasteiger partial charge on any atom is 0.326 e. The molecule has 1 atom stereocenters. The Morgan fingerprint density at radius 1 is 1.40 bits per heavy atom. The molecule has 4 nitrogen and oxygen atoms in total. The van der Waals surface area contributed by atoms with E-state index in [1.807, 2.05) is 5.92 Å². The summed E-state index contributed by atoms with van der Waals surface area (Å²) in [5, 5.41) is 9.13. The van der Waals surface area contributed by atoms with Gasteiger partial charge in [-0.2, -0.15) is 0 Å². The monoisotopic (exact) mass is 274 g/mol. The average Bonchev–Trinajstić information content (AvgIpc) is 2.46. The molecule has 1 fully saturated rings. The van der Waals surface area contributed by atoms with Crippen LogP contribution in [0.5, 0.6) is 0 Å². The van der Waals surface area contributed by atoms with Crippen molar-refractivity contribution in [2.45, 2.75) is 25.3 Å². The molecule has 1 amide bonds. The lowest BCUT2D eigenvalue weighted by Gasteiger charge is -2.33. The van der Waals surface area contributed by atoms with Gasteiger partial charge in [-0.25, -0.2) is 9.18 Å². The van der Waals surface area contributed by atoms with Crippen molar-refractivity contribution in [1.82, 2.24) is 4.90 Å². The van der Waals surface area contributed by atoms with E-state index >= 15 is 0 Å². The third-order valence-corrected chi connectivity index (χ3v) is 3.39. The minimum absolute atomic E-state index is 0.169. The summed E-state index contributed by atoms with van der Waals surface area (Å²) in [6.45, 7) is 0.313. The van der Waals surface area contributed by atoms with E-state index in [0.29, 0.717) is 19.4 Å². The van der Waals surface area contributed by atoms with Gasteiger partial charge in [-0.1, -0.05) is 5.92 Å². The highest BCUT2D eigenvalue weighted by atomic mass is 19.1. The number of carbonyl (C=O) groups is 2. The third kappa shape index (κ3) is 2.64. The van der Waals surface area contributed by atoms with Crippen LogP contribution in [0.3, 0.4) is 0 Å². The van der Waals surface area contributed by atoms with Crippen LogP contribution in [0.2, 0.25) is 0 Å². The van der Waals surface area contributed by atoms with Crippen LogP contribution in [0.1, 0.15) is 35.2 Å². The van der Waals surface area contributed by atoms with E-state index in [0.717, 1.165) is 12.5 Å². The fraction of sp³-hybridized carbons (Fsp3) is 0.333. The van der Waals surface area contributed by atoms with E-state index < -0.39 is 23.7 Å². The second-order valence-corrected chi connectivity index (χ2v) is 4.67. The van der Waals surface area contributed by atoms with Crippen molar-refractivity contribution in [2.24, 2.45) is 0 Å². The van der Waals surface area contributed by atoms with Gasteiger partial charge in [-0.3, -0.25) is 4.79 Å². The minimum atomic E-state index is -1.07. The van der Waals surface area contributed by atoms with Gasteiger partial charge in [0, 0.05) is 12.1 Å². The van der Waals surface area contributed by atoms with Gasteiger partial charge in [0.25, 0.3) is 5.91 Å². The van der Waals surface area contributed by atoms with E-state index in [-0.39, 0.29) is 11.1 Å². The molecule has 0 aliphatic carbocycles. The first kappa shape index (κ1) is 14.1. The van der Waals surface area contributed by atoms with Gasteiger partial charge in [0.1, 0.15) is 11.9 Å². The Labute approximate surface area is 116 Å². The van der Waals surface area contributed by atoms with Gasteiger partial charge in [-0.15, -0.1) is 0 Å². The number of halogens is 1. The Balaban J connectivity index is 2.30.